The largest absolute Gasteiger partial charge is 0.311 e. The molecule has 1 atom stereocenters. The second kappa shape index (κ2) is 7.62. The van der Waals surface area contributed by atoms with Crippen molar-refractivity contribution in [1.29, 1.82) is 0 Å². The summed E-state index contributed by atoms with van der Waals surface area (Å²) in [6.07, 6.45) is 0.0143. The number of fused-ring (bicyclic) bond motifs is 5. The molecule has 0 saturated carbocycles. The van der Waals surface area contributed by atoms with Gasteiger partial charge in [-0.15, -0.1) is 0 Å². The lowest BCUT2D eigenvalue weighted by atomic mass is 9.86. The molecule has 1 amide bonds. The van der Waals surface area contributed by atoms with Crippen LogP contribution in [0.15, 0.2) is 77.6 Å². The molecule has 8 heteroatoms. The minimum atomic E-state index is -0.628. The van der Waals surface area contributed by atoms with Crippen LogP contribution >= 0.6 is 0 Å². The number of halogens is 2. The summed E-state index contributed by atoms with van der Waals surface area (Å²) in [6, 6.07) is 19.3. The van der Waals surface area contributed by atoms with Gasteiger partial charge in [0.25, 0.3) is 5.56 Å². The minimum Gasteiger partial charge on any atom is -0.311 e. The number of rotatable bonds is 3. The topological polar surface area (TPSA) is 68.4 Å². The Balaban J connectivity index is 1.69. The zero-order valence-corrected chi connectivity index (χ0v) is 17.8. The summed E-state index contributed by atoms with van der Waals surface area (Å²) in [5, 5.41) is 2.86. The zero-order valence-electron chi connectivity index (χ0n) is 17.8. The molecule has 1 unspecified atom stereocenters. The summed E-state index contributed by atoms with van der Waals surface area (Å²) in [6.45, 7) is 0.156. The quantitative estimate of drug-likeness (QED) is 0.436. The van der Waals surface area contributed by atoms with Gasteiger partial charge in [-0.25, -0.2) is 13.8 Å². The van der Waals surface area contributed by atoms with Gasteiger partial charge < -0.3 is 5.32 Å². The first-order valence-corrected chi connectivity index (χ1v) is 10.8. The van der Waals surface area contributed by atoms with E-state index in [-0.39, 0.29) is 30.2 Å². The minimum absolute atomic E-state index is 0.0143. The summed E-state index contributed by atoms with van der Waals surface area (Å²) >= 11 is 0. The zero-order chi connectivity index (χ0) is 23.4. The van der Waals surface area contributed by atoms with Gasteiger partial charge in [0.05, 0.1) is 23.1 Å². The number of hydrogen-bond acceptors (Lipinski definition) is 3. The molecule has 6 rings (SSSR count). The molecule has 1 aliphatic heterocycles. The van der Waals surface area contributed by atoms with Crippen LogP contribution in [0.25, 0.3) is 16.8 Å². The molecule has 5 aromatic rings. The molecule has 1 aliphatic rings. The van der Waals surface area contributed by atoms with Crippen molar-refractivity contribution in [3.8, 4) is 0 Å². The van der Waals surface area contributed by atoms with E-state index in [0.717, 1.165) is 11.1 Å². The maximum Gasteiger partial charge on any atom is 0.261 e. The van der Waals surface area contributed by atoms with Crippen LogP contribution in [0.2, 0.25) is 0 Å². The van der Waals surface area contributed by atoms with E-state index in [1.165, 1.54) is 28.8 Å². The third-order valence-electron chi connectivity index (χ3n) is 6.24. The molecular weight excluding hydrogens is 438 g/mol. The lowest BCUT2D eigenvalue weighted by molar-refractivity contribution is -0.116. The van der Waals surface area contributed by atoms with E-state index in [1.54, 1.807) is 28.7 Å². The van der Waals surface area contributed by atoms with Gasteiger partial charge in [-0.05, 0) is 47.5 Å². The van der Waals surface area contributed by atoms with E-state index in [0.29, 0.717) is 28.2 Å². The van der Waals surface area contributed by atoms with Crippen molar-refractivity contribution in [2.75, 3.05) is 5.32 Å². The maximum absolute atomic E-state index is 14.1. The predicted molar refractivity (Wildman–Crippen MR) is 124 cm³/mol. The van der Waals surface area contributed by atoms with Crippen LogP contribution in [0, 0.1) is 11.6 Å². The van der Waals surface area contributed by atoms with Crippen molar-refractivity contribution in [3.63, 3.8) is 0 Å². The van der Waals surface area contributed by atoms with Crippen molar-refractivity contribution in [3.05, 3.63) is 111 Å². The number of carbonyl (C=O) groups excluding carboxylic acids is 1. The summed E-state index contributed by atoms with van der Waals surface area (Å²) in [5.41, 5.74) is 2.68. The van der Waals surface area contributed by atoms with Crippen molar-refractivity contribution in [2.24, 2.45) is 0 Å². The lowest BCUT2D eigenvalue weighted by Gasteiger charge is -2.27. The molecule has 0 aliphatic carbocycles. The molecule has 168 valence electrons. The van der Waals surface area contributed by atoms with E-state index in [1.807, 2.05) is 24.3 Å². The van der Waals surface area contributed by atoms with Crippen molar-refractivity contribution in [2.45, 2.75) is 18.9 Å². The van der Waals surface area contributed by atoms with Gasteiger partial charge >= 0.3 is 0 Å². The number of amides is 1. The highest BCUT2D eigenvalue weighted by atomic mass is 19.1. The molecule has 34 heavy (non-hydrogen) atoms. The van der Waals surface area contributed by atoms with Crippen molar-refractivity contribution < 1.29 is 13.6 Å². The summed E-state index contributed by atoms with van der Waals surface area (Å²) in [5.74, 6) is -1.00. The van der Waals surface area contributed by atoms with Gasteiger partial charge in [-0.3, -0.25) is 18.6 Å². The number of nitrogens with zero attached hydrogens (tertiary/aromatic N) is 3. The highest BCUT2D eigenvalue weighted by Gasteiger charge is 2.33. The first kappa shape index (κ1) is 20.3. The van der Waals surface area contributed by atoms with E-state index >= 15 is 0 Å². The third kappa shape index (κ3) is 3.18. The fraction of sp³-hybridized carbons (Fsp3) is 0.115. The molecule has 3 heterocycles. The summed E-state index contributed by atoms with van der Waals surface area (Å²) < 4.78 is 30.8. The van der Waals surface area contributed by atoms with Crippen LogP contribution in [-0.2, 0) is 11.3 Å². The van der Waals surface area contributed by atoms with Crippen LogP contribution in [0.5, 0.6) is 0 Å². The standard InChI is InChI=1S/C26H18F2N4O2/c27-17-10-8-15(9-11-17)14-31-25(34)23-19(16-4-3-5-18(28)12-16)13-22(33)30-24(23)32-21-7-2-1-6-20(21)29-26(31)32/h1-12,19H,13-14H2,(H,30,33). The maximum atomic E-state index is 14.1. The fourth-order valence-electron chi connectivity index (χ4n) is 4.70. The molecular formula is C26H18F2N4O2. The van der Waals surface area contributed by atoms with E-state index in [4.69, 9.17) is 0 Å². The Morgan fingerprint density at radius 2 is 1.74 bits per heavy atom. The van der Waals surface area contributed by atoms with Gasteiger partial charge in [-0.1, -0.05) is 36.4 Å². The Morgan fingerprint density at radius 1 is 0.941 bits per heavy atom. The van der Waals surface area contributed by atoms with Crippen LogP contribution in [0.3, 0.4) is 0 Å². The number of nitrogens with one attached hydrogen (secondary N) is 1. The van der Waals surface area contributed by atoms with Gasteiger partial charge in [0.15, 0.2) is 0 Å². The van der Waals surface area contributed by atoms with Crippen LogP contribution in [0.1, 0.15) is 29.0 Å². The lowest BCUT2D eigenvalue weighted by Crippen LogP contribution is -2.36. The number of imidazole rings is 1. The highest BCUT2D eigenvalue weighted by molar-refractivity contribution is 5.96. The van der Waals surface area contributed by atoms with E-state index in [9.17, 15) is 18.4 Å². The number of hydrogen-bond donors (Lipinski definition) is 1. The van der Waals surface area contributed by atoms with Crippen LogP contribution < -0.4 is 10.9 Å². The number of benzene rings is 3. The Morgan fingerprint density at radius 3 is 2.53 bits per heavy atom. The molecule has 3 aromatic carbocycles. The average Bonchev–Trinajstić information content (AvgIpc) is 3.22. The van der Waals surface area contributed by atoms with Gasteiger partial charge in [0.1, 0.15) is 17.5 Å². The normalized spacial score (nSPS) is 15.5. The first-order valence-electron chi connectivity index (χ1n) is 10.8. The first-order chi connectivity index (χ1) is 16.5. The van der Waals surface area contributed by atoms with Crippen molar-refractivity contribution in [1.82, 2.24) is 14.0 Å². The Labute approximate surface area is 192 Å². The number of anilines is 1. The monoisotopic (exact) mass is 456 g/mol. The van der Waals surface area contributed by atoms with Crippen LogP contribution in [-0.4, -0.2) is 19.9 Å². The average molecular weight is 456 g/mol. The number of aromatic nitrogens is 3. The van der Waals surface area contributed by atoms with Gasteiger partial charge in [0.2, 0.25) is 11.7 Å². The second-order valence-corrected chi connectivity index (χ2v) is 8.38. The number of para-hydroxylation sites is 2. The fourth-order valence-corrected chi connectivity index (χ4v) is 4.70. The predicted octanol–water partition coefficient (Wildman–Crippen LogP) is 4.45. The molecule has 6 nitrogen and oxygen atoms in total. The summed E-state index contributed by atoms with van der Waals surface area (Å²) in [4.78, 5) is 31.3. The molecule has 1 N–H and O–H groups in total. The van der Waals surface area contributed by atoms with Crippen LogP contribution in [0.4, 0.5) is 14.6 Å². The second-order valence-electron chi connectivity index (χ2n) is 8.38. The molecule has 2 aromatic heterocycles. The van der Waals surface area contributed by atoms with Crippen molar-refractivity contribution >= 4 is 28.5 Å². The molecule has 0 saturated heterocycles. The molecule has 0 fully saturated rings. The molecule has 0 bridgehead atoms. The Hall–Kier alpha value is -4.33. The van der Waals surface area contributed by atoms with E-state index in [2.05, 4.69) is 10.3 Å². The van der Waals surface area contributed by atoms with E-state index < -0.39 is 11.7 Å². The Kier molecular flexibility index (Phi) is 4.55. The molecule has 0 spiro atoms. The smallest absolute Gasteiger partial charge is 0.261 e. The summed E-state index contributed by atoms with van der Waals surface area (Å²) in [7, 11) is 0. The number of carbonyl (C=O) groups is 1. The van der Waals surface area contributed by atoms with Gasteiger partial charge in [-0.2, -0.15) is 0 Å². The van der Waals surface area contributed by atoms with Gasteiger partial charge in [0, 0.05) is 12.3 Å². The SMILES string of the molecule is O=C1CC(c2cccc(F)c2)c2c(n3c4ccccc4nc3n(Cc3ccc(F)cc3)c2=O)N1. The molecule has 0 radical (unpaired) electrons. The highest BCUT2D eigenvalue weighted by Crippen LogP contribution is 2.37. The Bertz CT molecular complexity index is 1650. The third-order valence-corrected chi connectivity index (χ3v) is 6.24.